The predicted molar refractivity (Wildman–Crippen MR) is 102 cm³/mol. The number of piperidine rings is 1. The summed E-state index contributed by atoms with van der Waals surface area (Å²) in [5.41, 5.74) is 6.29. The molecular weight excluding hydrogens is 384 g/mol. The maximum atomic E-state index is 12.8. The average Bonchev–Trinajstić information content (AvgIpc) is 3.26. The second kappa shape index (κ2) is 7.21. The fourth-order valence-corrected chi connectivity index (χ4v) is 3.44. The monoisotopic (exact) mass is 402 g/mol. The van der Waals surface area contributed by atoms with Gasteiger partial charge in [0.2, 0.25) is 0 Å². The standard InChI is InChI=1S/C17H19ClN8O2/c1-24-5-2-10(3-6-24)26-9-12(14(23-26)15(19)27)21-17(28)11-8-20-25-7-4-13(18)22-16(11)25/h4,7-10H,2-3,5-6H2,1H3,(H2,19,27)(H,21,28). The van der Waals surface area contributed by atoms with Crippen LogP contribution in [0.25, 0.3) is 5.65 Å². The number of hydrogen-bond acceptors (Lipinski definition) is 6. The lowest BCUT2D eigenvalue weighted by Gasteiger charge is -2.28. The van der Waals surface area contributed by atoms with Gasteiger partial charge in [-0.2, -0.15) is 10.2 Å². The number of halogens is 1. The van der Waals surface area contributed by atoms with Gasteiger partial charge in [-0.25, -0.2) is 9.50 Å². The van der Waals surface area contributed by atoms with E-state index >= 15 is 0 Å². The summed E-state index contributed by atoms with van der Waals surface area (Å²) < 4.78 is 3.16. The van der Waals surface area contributed by atoms with Gasteiger partial charge >= 0.3 is 0 Å². The minimum Gasteiger partial charge on any atom is -0.364 e. The van der Waals surface area contributed by atoms with Crippen LogP contribution in [-0.2, 0) is 0 Å². The van der Waals surface area contributed by atoms with E-state index in [0.717, 1.165) is 25.9 Å². The number of carbonyl (C=O) groups excluding carboxylic acids is 2. The normalized spacial score (nSPS) is 15.8. The molecule has 1 aliphatic heterocycles. The summed E-state index contributed by atoms with van der Waals surface area (Å²) in [6.07, 6.45) is 6.45. The fraction of sp³-hybridized carbons (Fsp3) is 0.353. The zero-order valence-corrected chi connectivity index (χ0v) is 15.9. The largest absolute Gasteiger partial charge is 0.364 e. The van der Waals surface area contributed by atoms with Crippen LogP contribution >= 0.6 is 11.6 Å². The summed E-state index contributed by atoms with van der Waals surface area (Å²) in [6.45, 7) is 1.87. The molecule has 0 saturated carbocycles. The van der Waals surface area contributed by atoms with E-state index in [1.165, 1.54) is 10.7 Å². The van der Waals surface area contributed by atoms with Crippen molar-refractivity contribution in [3.63, 3.8) is 0 Å². The highest BCUT2D eigenvalue weighted by atomic mass is 35.5. The third-order valence-corrected chi connectivity index (χ3v) is 5.07. The number of nitrogens with zero attached hydrogens (tertiary/aromatic N) is 6. The summed E-state index contributed by atoms with van der Waals surface area (Å²) in [5, 5.41) is 11.4. The first kappa shape index (κ1) is 18.4. The van der Waals surface area contributed by atoms with Gasteiger partial charge in [0, 0.05) is 12.4 Å². The predicted octanol–water partition coefficient (Wildman–Crippen LogP) is 1.20. The Hall–Kier alpha value is -2.98. The highest BCUT2D eigenvalue weighted by molar-refractivity contribution is 6.29. The van der Waals surface area contributed by atoms with Crippen LogP contribution in [0.2, 0.25) is 5.15 Å². The van der Waals surface area contributed by atoms with Crippen molar-refractivity contribution in [3.05, 3.63) is 41.1 Å². The van der Waals surface area contributed by atoms with Gasteiger partial charge in [-0.15, -0.1) is 0 Å². The van der Waals surface area contributed by atoms with E-state index in [9.17, 15) is 9.59 Å². The molecule has 0 aromatic carbocycles. The van der Waals surface area contributed by atoms with Gasteiger partial charge in [0.25, 0.3) is 11.8 Å². The molecule has 3 aromatic rings. The van der Waals surface area contributed by atoms with E-state index in [-0.39, 0.29) is 28.1 Å². The highest BCUT2D eigenvalue weighted by Gasteiger charge is 2.24. The van der Waals surface area contributed by atoms with E-state index in [2.05, 4.69) is 32.4 Å². The second-order valence-corrected chi connectivity index (χ2v) is 7.19. The van der Waals surface area contributed by atoms with Crippen LogP contribution in [0.1, 0.15) is 39.7 Å². The Balaban J connectivity index is 1.62. The molecule has 0 unspecified atom stereocenters. The SMILES string of the molecule is CN1CCC(n2cc(NC(=O)c3cnn4ccc(Cl)nc34)c(C(N)=O)n2)CC1. The fourth-order valence-electron chi connectivity index (χ4n) is 3.31. The number of primary amides is 1. The maximum Gasteiger partial charge on any atom is 0.271 e. The van der Waals surface area contributed by atoms with Crippen LogP contribution in [0.15, 0.2) is 24.7 Å². The van der Waals surface area contributed by atoms with Crippen molar-refractivity contribution in [2.45, 2.75) is 18.9 Å². The smallest absolute Gasteiger partial charge is 0.271 e. The molecule has 3 aromatic heterocycles. The summed E-state index contributed by atoms with van der Waals surface area (Å²) >= 11 is 5.92. The molecular formula is C17H19ClN8O2. The lowest BCUT2D eigenvalue weighted by molar-refractivity contribution is 0.0994. The van der Waals surface area contributed by atoms with E-state index in [1.807, 2.05) is 0 Å². The molecule has 0 radical (unpaired) electrons. The number of nitrogens with two attached hydrogens (primary N) is 1. The van der Waals surface area contributed by atoms with Gasteiger partial charge in [0.05, 0.1) is 17.9 Å². The Bertz CT molecular complexity index is 1050. The summed E-state index contributed by atoms with van der Waals surface area (Å²) in [5.74, 6) is -1.18. The third kappa shape index (κ3) is 3.43. The van der Waals surface area contributed by atoms with Gasteiger partial charge in [-0.05, 0) is 39.0 Å². The van der Waals surface area contributed by atoms with Crippen molar-refractivity contribution in [2.24, 2.45) is 5.73 Å². The second-order valence-electron chi connectivity index (χ2n) is 6.80. The van der Waals surface area contributed by atoms with Crippen LogP contribution in [0.4, 0.5) is 5.69 Å². The zero-order chi connectivity index (χ0) is 19.8. The molecule has 0 atom stereocenters. The molecule has 28 heavy (non-hydrogen) atoms. The van der Waals surface area contributed by atoms with Crippen LogP contribution in [0, 0.1) is 0 Å². The minimum atomic E-state index is -0.706. The number of fused-ring (bicyclic) bond motifs is 1. The molecule has 10 nitrogen and oxygen atoms in total. The first-order valence-electron chi connectivity index (χ1n) is 8.81. The average molecular weight is 403 g/mol. The van der Waals surface area contributed by atoms with Crippen molar-refractivity contribution in [2.75, 3.05) is 25.5 Å². The number of amides is 2. The summed E-state index contributed by atoms with van der Waals surface area (Å²) in [4.78, 5) is 31.0. The Morgan fingerprint density at radius 1 is 1.32 bits per heavy atom. The molecule has 2 amide bonds. The van der Waals surface area contributed by atoms with Crippen LogP contribution in [-0.4, -0.2) is 61.2 Å². The molecule has 1 aliphatic rings. The van der Waals surface area contributed by atoms with Crippen LogP contribution in [0.3, 0.4) is 0 Å². The lowest BCUT2D eigenvalue weighted by Crippen LogP contribution is -2.31. The molecule has 146 valence electrons. The van der Waals surface area contributed by atoms with Gasteiger partial charge in [0.15, 0.2) is 11.3 Å². The first-order chi connectivity index (χ1) is 13.4. The minimum absolute atomic E-state index is 0.0229. The number of carbonyl (C=O) groups is 2. The highest BCUT2D eigenvalue weighted by Crippen LogP contribution is 2.25. The molecule has 1 fully saturated rings. The van der Waals surface area contributed by atoms with Crippen molar-refractivity contribution in [1.29, 1.82) is 0 Å². The first-order valence-corrected chi connectivity index (χ1v) is 9.19. The van der Waals surface area contributed by atoms with E-state index in [4.69, 9.17) is 17.3 Å². The topological polar surface area (TPSA) is 123 Å². The van der Waals surface area contributed by atoms with Gasteiger partial charge in [0.1, 0.15) is 10.7 Å². The Morgan fingerprint density at radius 2 is 2.07 bits per heavy atom. The summed E-state index contributed by atoms with van der Waals surface area (Å²) in [6, 6.07) is 1.72. The van der Waals surface area contributed by atoms with Crippen molar-refractivity contribution in [3.8, 4) is 0 Å². The van der Waals surface area contributed by atoms with Gasteiger partial charge in [-0.3, -0.25) is 14.3 Å². The number of aromatic nitrogens is 5. The number of nitrogens with one attached hydrogen (secondary N) is 1. The molecule has 4 rings (SSSR count). The number of likely N-dealkylation sites (tertiary alicyclic amines) is 1. The Kier molecular flexibility index (Phi) is 4.73. The number of hydrogen-bond donors (Lipinski definition) is 2. The van der Waals surface area contributed by atoms with Gasteiger partial charge < -0.3 is 16.0 Å². The molecule has 4 heterocycles. The third-order valence-electron chi connectivity index (χ3n) is 4.86. The van der Waals surface area contributed by atoms with Gasteiger partial charge in [-0.1, -0.05) is 11.6 Å². The number of anilines is 1. The van der Waals surface area contributed by atoms with Crippen molar-refractivity contribution in [1.82, 2.24) is 29.3 Å². The lowest BCUT2D eigenvalue weighted by atomic mass is 10.1. The van der Waals surface area contributed by atoms with E-state index in [0.29, 0.717) is 5.65 Å². The molecule has 1 saturated heterocycles. The summed E-state index contributed by atoms with van der Waals surface area (Å²) in [7, 11) is 2.07. The molecule has 11 heteroatoms. The van der Waals surface area contributed by atoms with E-state index in [1.54, 1.807) is 23.1 Å². The maximum absolute atomic E-state index is 12.8. The molecule has 0 spiro atoms. The zero-order valence-electron chi connectivity index (χ0n) is 15.2. The number of rotatable bonds is 4. The Morgan fingerprint density at radius 3 is 2.79 bits per heavy atom. The molecule has 0 bridgehead atoms. The van der Waals surface area contributed by atoms with E-state index < -0.39 is 11.8 Å². The van der Waals surface area contributed by atoms with Crippen LogP contribution in [0.5, 0.6) is 0 Å². The Labute approximate surface area is 165 Å². The van der Waals surface area contributed by atoms with Crippen molar-refractivity contribution >= 4 is 34.7 Å². The van der Waals surface area contributed by atoms with Crippen molar-refractivity contribution < 1.29 is 9.59 Å². The van der Waals surface area contributed by atoms with Crippen LogP contribution < -0.4 is 11.1 Å². The molecule has 3 N–H and O–H groups in total. The molecule has 0 aliphatic carbocycles. The quantitative estimate of drug-likeness (QED) is 0.632.